The van der Waals surface area contributed by atoms with Crippen molar-refractivity contribution in [2.45, 2.75) is 32.3 Å². The molecular weight excluding hydrogens is 364 g/mol. The van der Waals surface area contributed by atoms with Crippen LogP contribution in [0.5, 0.6) is 0 Å². The molecule has 2 heterocycles. The molecule has 5 heteroatoms. The minimum atomic E-state index is -0.327. The van der Waals surface area contributed by atoms with Crippen molar-refractivity contribution >= 4 is 11.9 Å². The monoisotopic (exact) mass is 392 g/mol. The van der Waals surface area contributed by atoms with Gasteiger partial charge in [-0.2, -0.15) is 0 Å². The van der Waals surface area contributed by atoms with Crippen molar-refractivity contribution in [3.63, 3.8) is 0 Å². The zero-order valence-electron chi connectivity index (χ0n) is 16.9. The highest BCUT2D eigenvalue weighted by Gasteiger charge is 2.28. The number of hydrogen-bond donors (Lipinski definition) is 1. The number of likely N-dealkylation sites (tertiary alicyclic amines) is 1. The second-order valence-corrected chi connectivity index (χ2v) is 8.16. The molecule has 0 bridgehead atoms. The molecule has 2 aromatic rings. The van der Waals surface area contributed by atoms with Crippen molar-refractivity contribution in [3.8, 4) is 0 Å². The van der Waals surface area contributed by atoms with Crippen molar-refractivity contribution in [2.24, 2.45) is 5.92 Å². The molecule has 0 aliphatic carbocycles. The molecule has 0 spiro atoms. The van der Waals surface area contributed by atoms with Crippen LogP contribution in [-0.4, -0.2) is 43.0 Å². The first-order valence-corrected chi connectivity index (χ1v) is 10.5. The van der Waals surface area contributed by atoms with Gasteiger partial charge in [0.15, 0.2) is 0 Å². The fourth-order valence-corrected chi connectivity index (χ4v) is 4.11. The van der Waals surface area contributed by atoms with Crippen LogP contribution < -0.4 is 5.32 Å². The molecule has 1 saturated heterocycles. The van der Waals surface area contributed by atoms with Gasteiger partial charge in [0.25, 0.3) is 5.91 Å². The lowest BCUT2D eigenvalue weighted by molar-refractivity contribution is 0.0252. The molecule has 152 valence electrons. The van der Waals surface area contributed by atoms with E-state index < -0.39 is 0 Å². The van der Waals surface area contributed by atoms with E-state index in [1.807, 2.05) is 36.4 Å². The second kappa shape index (κ2) is 8.78. The first-order chi connectivity index (χ1) is 14.1. The molecule has 1 fully saturated rings. The van der Waals surface area contributed by atoms with E-state index in [9.17, 15) is 9.59 Å². The Balaban J connectivity index is 1.38. The highest BCUT2D eigenvalue weighted by Crippen LogP contribution is 2.31. The highest BCUT2D eigenvalue weighted by atomic mass is 16.5. The number of ether oxygens (including phenoxy) is 1. The maximum Gasteiger partial charge on any atom is 0.339 e. The highest BCUT2D eigenvalue weighted by molar-refractivity contribution is 5.97. The quantitative estimate of drug-likeness (QED) is 0.790. The summed E-state index contributed by atoms with van der Waals surface area (Å²) in [7, 11) is 0. The van der Waals surface area contributed by atoms with Crippen LogP contribution in [-0.2, 0) is 11.2 Å². The molecule has 1 N–H and O–H groups in total. The third-order valence-corrected chi connectivity index (χ3v) is 6.00. The lowest BCUT2D eigenvalue weighted by Crippen LogP contribution is -2.39. The Kier molecular flexibility index (Phi) is 5.95. The maximum atomic E-state index is 12.6. The number of amides is 1. The molecule has 29 heavy (non-hydrogen) atoms. The molecule has 1 amide bonds. The molecule has 2 aromatic carbocycles. The van der Waals surface area contributed by atoms with E-state index in [4.69, 9.17) is 4.74 Å². The number of piperidine rings is 1. The van der Waals surface area contributed by atoms with Crippen molar-refractivity contribution < 1.29 is 14.3 Å². The van der Waals surface area contributed by atoms with Crippen LogP contribution in [0.3, 0.4) is 0 Å². The van der Waals surface area contributed by atoms with Gasteiger partial charge in [0, 0.05) is 25.1 Å². The molecule has 2 aliphatic heterocycles. The Labute approximate surface area is 172 Å². The number of cyclic esters (lactones) is 1. The lowest BCUT2D eigenvalue weighted by atomic mass is 9.93. The van der Waals surface area contributed by atoms with Gasteiger partial charge in [-0.3, -0.25) is 4.79 Å². The summed E-state index contributed by atoms with van der Waals surface area (Å²) in [4.78, 5) is 27.4. The minimum Gasteiger partial charge on any atom is -0.454 e. The van der Waals surface area contributed by atoms with Crippen LogP contribution in [0.4, 0.5) is 0 Å². The van der Waals surface area contributed by atoms with Crippen LogP contribution >= 0.6 is 0 Å². The summed E-state index contributed by atoms with van der Waals surface area (Å²) in [6.07, 6.45) is 2.74. The summed E-state index contributed by atoms with van der Waals surface area (Å²) in [6, 6.07) is 15.0. The number of benzene rings is 2. The van der Waals surface area contributed by atoms with Gasteiger partial charge >= 0.3 is 5.97 Å². The molecular formula is C24H28N2O3. The van der Waals surface area contributed by atoms with Gasteiger partial charge in [-0.1, -0.05) is 37.3 Å². The first-order valence-electron chi connectivity index (χ1n) is 10.5. The third-order valence-electron chi connectivity index (χ3n) is 6.00. The van der Waals surface area contributed by atoms with Crippen LogP contribution in [0.2, 0.25) is 0 Å². The number of hydrogen-bond acceptors (Lipinski definition) is 4. The molecule has 0 saturated carbocycles. The summed E-state index contributed by atoms with van der Waals surface area (Å²) < 4.78 is 5.59. The smallest absolute Gasteiger partial charge is 0.339 e. The van der Waals surface area contributed by atoms with E-state index in [2.05, 4.69) is 17.1 Å². The number of nitrogens with zero attached hydrogens (tertiary/aromatic N) is 1. The predicted molar refractivity (Wildman–Crippen MR) is 112 cm³/mol. The van der Waals surface area contributed by atoms with E-state index >= 15 is 0 Å². The standard InChI is InChI=1S/C24H28N2O3/c1-17-9-12-26(13-10-17)14-11-25-23(27)19-7-8-21-20(15-19)16-22(29-24(21)28)18-5-3-2-4-6-18/h2-8,15,17,22H,9-14,16H2,1H3,(H,25,27). The van der Waals surface area contributed by atoms with Crippen molar-refractivity contribution in [1.82, 2.24) is 10.2 Å². The van der Waals surface area contributed by atoms with Gasteiger partial charge < -0.3 is 15.0 Å². The SMILES string of the molecule is CC1CCN(CCNC(=O)c2ccc3c(c2)CC(c2ccccc2)OC3=O)CC1. The Morgan fingerprint density at radius 1 is 1.14 bits per heavy atom. The van der Waals surface area contributed by atoms with Gasteiger partial charge in [-0.15, -0.1) is 0 Å². The second-order valence-electron chi connectivity index (χ2n) is 8.16. The Hall–Kier alpha value is -2.66. The van der Waals surface area contributed by atoms with Crippen molar-refractivity contribution in [3.05, 3.63) is 70.8 Å². The van der Waals surface area contributed by atoms with E-state index in [-0.39, 0.29) is 18.0 Å². The van der Waals surface area contributed by atoms with Crippen molar-refractivity contribution in [2.75, 3.05) is 26.2 Å². The summed E-state index contributed by atoms with van der Waals surface area (Å²) in [5, 5.41) is 3.02. The fourth-order valence-electron chi connectivity index (χ4n) is 4.11. The van der Waals surface area contributed by atoms with E-state index in [0.717, 1.165) is 36.7 Å². The largest absolute Gasteiger partial charge is 0.454 e. The Bertz CT molecular complexity index is 873. The number of nitrogens with one attached hydrogen (secondary N) is 1. The zero-order chi connectivity index (χ0) is 20.2. The fraction of sp³-hybridized carbons (Fsp3) is 0.417. The number of rotatable bonds is 5. The summed E-state index contributed by atoms with van der Waals surface area (Å²) in [5.74, 6) is 0.391. The molecule has 1 unspecified atom stereocenters. The summed E-state index contributed by atoms with van der Waals surface area (Å²) in [6.45, 7) is 6.04. The van der Waals surface area contributed by atoms with Crippen LogP contribution in [0.1, 0.15) is 57.7 Å². The van der Waals surface area contributed by atoms with Crippen LogP contribution in [0.25, 0.3) is 0 Å². The summed E-state index contributed by atoms with van der Waals surface area (Å²) in [5.41, 5.74) is 2.98. The van der Waals surface area contributed by atoms with Gasteiger partial charge in [0.2, 0.25) is 0 Å². The molecule has 0 aromatic heterocycles. The molecule has 2 aliphatic rings. The van der Waals surface area contributed by atoms with Gasteiger partial charge in [-0.05, 0) is 61.2 Å². The van der Waals surface area contributed by atoms with Gasteiger partial charge in [0.1, 0.15) is 6.10 Å². The topological polar surface area (TPSA) is 58.6 Å². The molecule has 4 rings (SSSR count). The van der Waals surface area contributed by atoms with Crippen LogP contribution in [0.15, 0.2) is 48.5 Å². The van der Waals surface area contributed by atoms with E-state index in [1.165, 1.54) is 12.8 Å². The number of fused-ring (bicyclic) bond motifs is 1. The number of carbonyl (C=O) groups is 2. The average Bonchev–Trinajstić information content (AvgIpc) is 2.75. The average molecular weight is 392 g/mol. The third kappa shape index (κ3) is 4.67. The Morgan fingerprint density at radius 2 is 1.90 bits per heavy atom. The molecule has 5 nitrogen and oxygen atoms in total. The normalized spacial score (nSPS) is 20.0. The first kappa shape index (κ1) is 19.6. The molecule has 1 atom stereocenters. The van der Waals surface area contributed by atoms with Gasteiger partial charge in [0.05, 0.1) is 5.56 Å². The number of esters is 1. The molecule has 0 radical (unpaired) electrons. The minimum absolute atomic E-state index is 0.0895. The van der Waals surface area contributed by atoms with Gasteiger partial charge in [-0.25, -0.2) is 4.79 Å². The van der Waals surface area contributed by atoms with Crippen LogP contribution in [0, 0.1) is 5.92 Å². The summed E-state index contributed by atoms with van der Waals surface area (Å²) >= 11 is 0. The predicted octanol–water partition coefficient (Wildman–Crippen LogP) is 3.60. The number of carbonyl (C=O) groups excluding carboxylic acids is 2. The van der Waals surface area contributed by atoms with Crippen molar-refractivity contribution in [1.29, 1.82) is 0 Å². The zero-order valence-corrected chi connectivity index (χ0v) is 16.9. The lowest BCUT2D eigenvalue weighted by Gasteiger charge is -2.30. The Morgan fingerprint density at radius 3 is 2.66 bits per heavy atom. The van der Waals surface area contributed by atoms with E-state index in [1.54, 1.807) is 12.1 Å². The van der Waals surface area contributed by atoms with E-state index in [0.29, 0.717) is 24.1 Å². The maximum absolute atomic E-state index is 12.6.